The molecular formula is C15H19ClN2O. The van der Waals surface area contributed by atoms with Gasteiger partial charge in [-0.3, -0.25) is 0 Å². The van der Waals surface area contributed by atoms with E-state index < -0.39 is 0 Å². The minimum Gasteiger partial charge on any atom is -0.496 e. The zero-order valence-electron chi connectivity index (χ0n) is 11.6. The van der Waals surface area contributed by atoms with E-state index >= 15 is 0 Å². The molecule has 0 aliphatic rings. The molecule has 0 bridgehead atoms. The van der Waals surface area contributed by atoms with Crippen LogP contribution in [0.1, 0.15) is 13.3 Å². The van der Waals surface area contributed by atoms with E-state index in [9.17, 15) is 0 Å². The SMILES string of the molecule is COc1cccc2c(N(C)CCC(C)Cl)nccc12. The maximum absolute atomic E-state index is 6.01. The van der Waals surface area contributed by atoms with Crippen LogP contribution in [0.5, 0.6) is 5.75 Å². The first-order valence-corrected chi connectivity index (χ1v) is 6.84. The average Bonchev–Trinajstić information content (AvgIpc) is 2.43. The van der Waals surface area contributed by atoms with Crippen LogP contribution in [0.2, 0.25) is 0 Å². The molecule has 1 unspecified atom stereocenters. The number of rotatable bonds is 5. The number of anilines is 1. The first-order chi connectivity index (χ1) is 9.13. The van der Waals surface area contributed by atoms with Crippen LogP contribution in [0.3, 0.4) is 0 Å². The summed E-state index contributed by atoms with van der Waals surface area (Å²) in [5.74, 6) is 1.84. The maximum Gasteiger partial charge on any atom is 0.136 e. The quantitative estimate of drug-likeness (QED) is 0.780. The first kappa shape index (κ1) is 13.9. The molecule has 102 valence electrons. The van der Waals surface area contributed by atoms with Crippen LogP contribution >= 0.6 is 11.6 Å². The zero-order valence-corrected chi connectivity index (χ0v) is 12.3. The van der Waals surface area contributed by atoms with Gasteiger partial charge in [-0.15, -0.1) is 11.6 Å². The van der Waals surface area contributed by atoms with Gasteiger partial charge in [0.05, 0.1) is 7.11 Å². The van der Waals surface area contributed by atoms with Gasteiger partial charge in [0.1, 0.15) is 11.6 Å². The van der Waals surface area contributed by atoms with Crippen molar-refractivity contribution in [3.63, 3.8) is 0 Å². The summed E-state index contributed by atoms with van der Waals surface area (Å²) in [6.45, 7) is 2.89. The molecule has 3 nitrogen and oxygen atoms in total. The number of nitrogens with zero attached hydrogens (tertiary/aromatic N) is 2. The highest BCUT2D eigenvalue weighted by Crippen LogP contribution is 2.30. The highest BCUT2D eigenvalue weighted by molar-refractivity contribution is 6.20. The Morgan fingerprint density at radius 3 is 2.79 bits per heavy atom. The maximum atomic E-state index is 6.01. The molecule has 0 aliphatic carbocycles. The molecule has 0 radical (unpaired) electrons. The molecule has 4 heteroatoms. The molecule has 19 heavy (non-hydrogen) atoms. The molecule has 0 aliphatic heterocycles. The van der Waals surface area contributed by atoms with Gasteiger partial charge in [-0.25, -0.2) is 4.98 Å². The van der Waals surface area contributed by atoms with Crippen molar-refractivity contribution in [2.45, 2.75) is 18.7 Å². The lowest BCUT2D eigenvalue weighted by molar-refractivity contribution is 0.420. The summed E-state index contributed by atoms with van der Waals surface area (Å²) in [5, 5.41) is 2.36. The van der Waals surface area contributed by atoms with E-state index in [4.69, 9.17) is 16.3 Å². The van der Waals surface area contributed by atoms with E-state index in [1.807, 2.05) is 38.4 Å². The Balaban J connectivity index is 2.38. The Kier molecular flexibility index (Phi) is 4.48. The van der Waals surface area contributed by atoms with Gasteiger partial charge in [0.25, 0.3) is 0 Å². The van der Waals surface area contributed by atoms with Crippen molar-refractivity contribution >= 4 is 28.2 Å². The minimum atomic E-state index is 0.173. The van der Waals surface area contributed by atoms with Crippen molar-refractivity contribution in [3.8, 4) is 5.75 Å². The second-order valence-corrected chi connectivity index (χ2v) is 5.43. The number of ether oxygens (including phenoxy) is 1. The van der Waals surface area contributed by atoms with E-state index in [2.05, 4.69) is 16.0 Å². The third-order valence-electron chi connectivity index (χ3n) is 3.19. The number of hydrogen-bond donors (Lipinski definition) is 0. The smallest absolute Gasteiger partial charge is 0.136 e. The zero-order chi connectivity index (χ0) is 13.8. The first-order valence-electron chi connectivity index (χ1n) is 6.40. The fourth-order valence-corrected chi connectivity index (χ4v) is 2.22. The van der Waals surface area contributed by atoms with E-state index in [0.29, 0.717) is 0 Å². The van der Waals surface area contributed by atoms with Gasteiger partial charge in [0.15, 0.2) is 0 Å². The van der Waals surface area contributed by atoms with Crippen molar-refractivity contribution in [3.05, 3.63) is 30.5 Å². The fourth-order valence-electron chi connectivity index (χ4n) is 2.12. The normalized spacial score (nSPS) is 12.4. The number of pyridine rings is 1. The lowest BCUT2D eigenvalue weighted by atomic mass is 10.1. The largest absolute Gasteiger partial charge is 0.496 e. The summed E-state index contributed by atoms with van der Waals surface area (Å²) in [4.78, 5) is 6.63. The molecule has 0 saturated heterocycles. The lowest BCUT2D eigenvalue weighted by Crippen LogP contribution is -2.21. The molecule has 2 rings (SSSR count). The van der Waals surface area contributed by atoms with Crippen molar-refractivity contribution in [1.82, 2.24) is 4.98 Å². The van der Waals surface area contributed by atoms with E-state index in [-0.39, 0.29) is 5.38 Å². The second-order valence-electron chi connectivity index (χ2n) is 4.68. The molecule has 2 aromatic rings. The molecule has 1 atom stereocenters. The van der Waals surface area contributed by atoms with Gasteiger partial charge in [0.2, 0.25) is 0 Å². The standard InChI is InChI=1S/C15H19ClN2O/c1-11(16)8-10-18(2)15-13-5-4-6-14(19-3)12(13)7-9-17-15/h4-7,9,11H,8,10H2,1-3H3. The fraction of sp³-hybridized carbons (Fsp3) is 0.400. The minimum absolute atomic E-state index is 0.173. The van der Waals surface area contributed by atoms with Crippen molar-refractivity contribution in [1.29, 1.82) is 0 Å². The molecule has 1 aromatic carbocycles. The summed E-state index contributed by atoms with van der Waals surface area (Å²) in [6.07, 6.45) is 2.75. The van der Waals surface area contributed by atoms with Crippen LogP contribution in [0.15, 0.2) is 30.5 Å². The molecule has 1 aromatic heterocycles. The number of halogens is 1. The highest BCUT2D eigenvalue weighted by Gasteiger charge is 2.10. The van der Waals surface area contributed by atoms with E-state index in [0.717, 1.165) is 35.3 Å². The van der Waals surface area contributed by atoms with Crippen LogP contribution in [0, 0.1) is 0 Å². The number of fused-ring (bicyclic) bond motifs is 1. The number of hydrogen-bond acceptors (Lipinski definition) is 3. The van der Waals surface area contributed by atoms with E-state index in [1.54, 1.807) is 7.11 Å². The predicted octanol–water partition coefficient (Wildman–Crippen LogP) is 3.70. The van der Waals surface area contributed by atoms with Crippen LogP contribution in [-0.2, 0) is 0 Å². The summed E-state index contributed by atoms with van der Waals surface area (Å²) in [7, 11) is 3.73. The summed E-state index contributed by atoms with van der Waals surface area (Å²) < 4.78 is 5.39. The van der Waals surface area contributed by atoms with Crippen LogP contribution in [-0.4, -0.2) is 31.1 Å². The van der Waals surface area contributed by atoms with E-state index in [1.165, 1.54) is 0 Å². The summed E-state index contributed by atoms with van der Waals surface area (Å²) in [6, 6.07) is 8.01. The van der Waals surface area contributed by atoms with Gasteiger partial charge < -0.3 is 9.64 Å². The van der Waals surface area contributed by atoms with Gasteiger partial charge in [-0.05, 0) is 25.5 Å². The van der Waals surface area contributed by atoms with Crippen LogP contribution in [0.4, 0.5) is 5.82 Å². The Labute approximate surface area is 119 Å². The van der Waals surface area contributed by atoms with Gasteiger partial charge >= 0.3 is 0 Å². The number of alkyl halides is 1. The van der Waals surface area contributed by atoms with Gasteiger partial charge in [-0.2, -0.15) is 0 Å². The molecule has 0 saturated carbocycles. The second kappa shape index (κ2) is 6.11. The van der Waals surface area contributed by atoms with Crippen LogP contribution < -0.4 is 9.64 Å². The van der Waals surface area contributed by atoms with Gasteiger partial charge in [-0.1, -0.05) is 12.1 Å². The Morgan fingerprint density at radius 2 is 2.11 bits per heavy atom. The van der Waals surface area contributed by atoms with Crippen molar-refractivity contribution < 1.29 is 4.74 Å². The Hall–Kier alpha value is -1.48. The highest BCUT2D eigenvalue weighted by atomic mass is 35.5. The third kappa shape index (κ3) is 3.10. The topological polar surface area (TPSA) is 25.4 Å². The molecular weight excluding hydrogens is 260 g/mol. The van der Waals surface area contributed by atoms with Crippen molar-refractivity contribution in [2.75, 3.05) is 25.6 Å². The third-order valence-corrected chi connectivity index (χ3v) is 3.41. The predicted molar refractivity (Wildman–Crippen MR) is 81.5 cm³/mol. The molecule has 0 amide bonds. The van der Waals surface area contributed by atoms with Crippen LogP contribution in [0.25, 0.3) is 10.8 Å². The molecule has 1 heterocycles. The lowest BCUT2D eigenvalue weighted by Gasteiger charge is -2.20. The summed E-state index contributed by atoms with van der Waals surface area (Å²) >= 11 is 6.01. The number of benzene rings is 1. The van der Waals surface area contributed by atoms with Gasteiger partial charge in [0, 0.05) is 35.9 Å². The Morgan fingerprint density at radius 1 is 1.32 bits per heavy atom. The molecule has 0 fully saturated rings. The molecule has 0 N–H and O–H groups in total. The summed E-state index contributed by atoms with van der Waals surface area (Å²) in [5.41, 5.74) is 0. The molecule has 0 spiro atoms. The number of methoxy groups -OCH3 is 1. The average molecular weight is 279 g/mol. The number of aromatic nitrogens is 1. The monoisotopic (exact) mass is 278 g/mol. The van der Waals surface area contributed by atoms with Crippen molar-refractivity contribution in [2.24, 2.45) is 0 Å². The Bertz CT molecular complexity index is 557.